The molecule has 94 valence electrons. The molecule has 0 saturated carbocycles. The Hall–Kier alpha value is -1.63. The van der Waals surface area contributed by atoms with Crippen LogP contribution in [0.1, 0.15) is 17.2 Å². The van der Waals surface area contributed by atoms with Gasteiger partial charge in [-0.1, -0.05) is 6.07 Å². The van der Waals surface area contributed by atoms with Gasteiger partial charge in [0.2, 0.25) is 0 Å². The predicted octanol–water partition coefficient (Wildman–Crippen LogP) is 2.02. The molecule has 2 N–H and O–H groups in total. The van der Waals surface area contributed by atoms with Crippen molar-refractivity contribution in [1.82, 2.24) is 0 Å². The van der Waals surface area contributed by atoms with Gasteiger partial charge in [-0.25, -0.2) is 4.39 Å². The Morgan fingerprint density at radius 2 is 2.00 bits per heavy atom. The van der Waals surface area contributed by atoms with E-state index in [0.717, 1.165) is 13.2 Å². The number of carbonyl (C=O) groups is 1. The second kappa shape index (κ2) is 4.70. The molecule has 1 atom stereocenters. The number of methoxy groups -OCH3 is 1. The van der Waals surface area contributed by atoms with Gasteiger partial charge in [-0.3, -0.25) is 4.79 Å². The van der Waals surface area contributed by atoms with E-state index in [1.165, 1.54) is 0 Å². The molecule has 1 aromatic carbocycles. The first kappa shape index (κ1) is 13.4. The van der Waals surface area contributed by atoms with Gasteiger partial charge in [0, 0.05) is 0 Å². The van der Waals surface area contributed by atoms with Gasteiger partial charge in [-0.05, 0) is 17.7 Å². The lowest BCUT2D eigenvalue weighted by Gasteiger charge is -2.13. The lowest BCUT2D eigenvalue weighted by molar-refractivity contribution is -0.143. The normalized spacial score (nSPS) is 13.3. The minimum absolute atomic E-state index is 0.162. The Morgan fingerprint density at radius 3 is 2.47 bits per heavy atom. The third kappa shape index (κ3) is 2.94. The van der Waals surface area contributed by atoms with E-state index in [1.54, 1.807) is 0 Å². The molecule has 0 aromatic heterocycles. The van der Waals surface area contributed by atoms with Gasteiger partial charge >= 0.3 is 12.1 Å². The molecule has 0 aliphatic heterocycles. The van der Waals surface area contributed by atoms with E-state index < -0.39 is 29.6 Å². The number of hydrogen-bond acceptors (Lipinski definition) is 3. The summed E-state index contributed by atoms with van der Waals surface area (Å²) >= 11 is 0. The van der Waals surface area contributed by atoms with Crippen molar-refractivity contribution in [2.75, 3.05) is 7.11 Å². The summed E-state index contributed by atoms with van der Waals surface area (Å²) in [6.45, 7) is 0. The Balaban J connectivity index is 3.17. The number of halogens is 4. The third-order valence-corrected chi connectivity index (χ3v) is 2.11. The van der Waals surface area contributed by atoms with Crippen molar-refractivity contribution in [1.29, 1.82) is 0 Å². The first-order valence-corrected chi connectivity index (χ1v) is 4.47. The molecule has 0 aliphatic carbocycles. The first-order chi connectivity index (χ1) is 7.77. The van der Waals surface area contributed by atoms with E-state index >= 15 is 0 Å². The molecule has 1 aromatic rings. The molecular weight excluding hydrogens is 242 g/mol. The Kier molecular flexibility index (Phi) is 3.72. The summed E-state index contributed by atoms with van der Waals surface area (Å²) in [5, 5.41) is 0. The Bertz CT molecular complexity index is 431. The van der Waals surface area contributed by atoms with E-state index in [0.29, 0.717) is 12.1 Å². The number of esters is 1. The average Bonchev–Trinajstić information content (AvgIpc) is 2.26. The molecule has 3 nitrogen and oxygen atoms in total. The van der Waals surface area contributed by atoms with Gasteiger partial charge in [0.25, 0.3) is 0 Å². The van der Waals surface area contributed by atoms with Gasteiger partial charge in [0.05, 0.1) is 12.7 Å². The number of benzene rings is 1. The summed E-state index contributed by atoms with van der Waals surface area (Å²) in [4.78, 5) is 11.0. The maximum absolute atomic E-state index is 12.9. The highest BCUT2D eigenvalue weighted by Gasteiger charge is 2.35. The molecule has 0 spiro atoms. The van der Waals surface area contributed by atoms with Crippen LogP contribution in [0.2, 0.25) is 0 Å². The molecule has 0 saturated heterocycles. The van der Waals surface area contributed by atoms with Gasteiger partial charge in [0.15, 0.2) is 0 Å². The summed E-state index contributed by atoms with van der Waals surface area (Å²) in [5.74, 6) is -2.32. The van der Waals surface area contributed by atoms with Crippen LogP contribution in [0.3, 0.4) is 0 Å². The SMILES string of the molecule is COC(=O)C(N)c1ccc(F)c(C(F)(F)F)c1. The Morgan fingerprint density at radius 1 is 1.41 bits per heavy atom. The van der Waals surface area contributed by atoms with Crippen LogP contribution in [0.5, 0.6) is 0 Å². The van der Waals surface area contributed by atoms with E-state index in [-0.39, 0.29) is 5.56 Å². The van der Waals surface area contributed by atoms with Crippen LogP contribution in [-0.2, 0) is 15.7 Å². The van der Waals surface area contributed by atoms with Crippen LogP contribution < -0.4 is 5.73 Å². The monoisotopic (exact) mass is 251 g/mol. The highest BCUT2D eigenvalue weighted by atomic mass is 19.4. The zero-order chi connectivity index (χ0) is 13.2. The van der Waals surface area contributed by atoms with Crippen molar-refractivity contribution in [2.45, 2.75) is 12.2 Å². The minimum atomic E-state index is -4.84. The topological polar surface area (TPSA) is 52.3 Å². The zero-order valence-corrected chi connectivity index (χ0v) is 8.72. The van der Waals surface area contributed by atoms with Crippen molar-refractivity contribution in [3.8, 4) is 0 Å². The summed E-state index contributed by atoms with van der Waals surface area (Å²) in [6.07, 6.45) is -4.84. The van der Waals surface area contributed by atoms with E-state index in [1.807, 2.05) is 0 Å². The number of nitrogens with two attached hydrogens (primary N) is 1. The Labute approximate surface area is 94.2 Å². The summed E-state index contributed by atoms with van der Waals surface area (Å²) in [7, 11) is 1.05. The predicted molar refractivity (Wildman–Crippen MR) is 50.3 cm³/mol. The number of rotatable bonds is 2. The highest BCUT2D eigenvalue weighted by Crippen LogP contribution is 2.32. The second-order valence-corrected chi connectivity index (χ2v) is 3.24. The van der Waals surface area contributed by atoms with Crippen molar-refractivity contribution in [3.63, 3.8) is 0 Å². The maximum Gasteiger partial charge on any atom is 0.419 e. The molecule has 1 rings (SSSR count). The van der Waals surface area contributed by atoms with Crippen molar-refractivity contribution in [3.05, 3.63) is 35.1 Å². The van der Waals surface area contributed by atoms with Crippen molar-refractivity contribution >= 4 is 5.97 Å². The van der Waals surface area contributed by atoms with Gasteiger partial charge < -0.3 is 10.5 Å². The fourth-order valence-electron chi connectivity index (χ4n) is 1.22. The third-order valence-electron chi connectivity index (χ3n) is 2.11. The number of hydrogen-bond donors (Lipinski definition) is 1. The van der Waals surface area contributed by atoms with Crippen LogP contribution in [0.25, 0.3) is 0 Å². The maximum atomic E-state index is 12.9. The average molecular weight is 251 g/mol. The molecule has 17 heavy (non-hydrogen) atoms. The van der Waals surface area contributed by atoms with Crippen LogP contribution >= 0.6 is 0 Å². The summed E-state index contributed by atoms with van der Waals surface area (Å²) in [5.41, 5.74) is 3.72. The molecule has 0 radical (unpaired) electrons. The minimum Gasteiger partial charge on any atom is -0.468 e. The molecule has 0 bridgehead atoms. The van der Waals surface area contributed by atoms with Crippen LogP contribution in [0.4, 0.5) is 17.6 Å². The van der Waals surface area contributed by atoms with Crippen LogP contribution in [-0.4, -0.2) is 13.1 Å². The van der Waals surface area contributed by atoms with Crippen molar-refractivity contribution in [2.24, 2.45) is 5.73 Å². The lowest BCUT2D eigenvalue weighted by atomic mass is 10.0. The molecule has 0 fully saturated rings. The summed E-state index contributed by atoms with van der Waals surface area (Å²) < 4.78 is 54.4. The van der Waals surface area contributed by atoms with E-state index in [9.17, 15) is 22.4 Å². The largest absolute Gasteiger partial charge is 0.468 e. The number of carbonyl (C=O) groups excluding carboxylic acids is 1. The molecule has 0 amide bonds. The first-order valence-electron chi connectivity index (χ1n) is 4.47. The quantitative estimate of drug-likeness (QED) is 0.646. The molecule has 0 heterocycles. The molecular formula is C10H9F4NO2. The van der Waals surface area contributed by atoms with Gasteiger partial charge in [-0.15, -0.1) is 0 Å². The van der Waals surface area contributed by atoms with Crippen LogP contribution in [0.15, 0.2) is 18.2 Å². The van der Waals surface area contributed by atoms with Gasteiger partial charge in [-0.2, -0.15) is 13.2 Å². The van der Waals surface area contributed by atoms with Gasteiger partial charge in [0.1, 0.15) is 11.9 Å². The smallest absolute Gasteiger partial charge is 0.419 e. The molecule has 1 unspecified atom stereocenters. The number of alkyl halides is 3. The number of ether oxygens (including phenoxy) is 1. The summed E-state index contributed by atoms with van der Waals surface area (Å²) in [6, 6.07) is 0.742. The van der Waals surface area contributed by atoms with Crippen LogP contribution in [0, 0.1) is 5.82 Å². The van der Waals surface area contributed by atoms with E-state index in [4.69, 9.17) is 5.73 Å². The fraction of sp³-hybridized carbons (Fsp3) is 0.300. The molecule has 0 aliphatic rings. The zero-order valence-electron chi connectivity index (χ0n) is 8.72. The fourth-order valence-corrected chi connectivity index (χ4v) is 1.22. The van der Waals surface area contributed by atoms with Crippen molar-refractivity contribution < 1.29 is 27.1 Å². The second-order valence-electron chi connectivity index (χ2n) is 3.24. The van der Waals surface area contributed by atoms with E-state index in [2.05, 4.69) is 4.74 Å². The standard InChI is InChI=1S/C10H9F4NO2/c1-17-9(16)8(15)5-2-3-7(11)6(4-5)10(12,13)14/h2-4,8H,15H2,1H3. The highest BCUT2D eigenvalue weighted by molar-refractivity contribution is 5.77. The molecule has 7 heteroatoms. The lowest BCUT2D eigenvalue weighted by Crippen LogP contribution is -2.23.